The number of furan rings is 1. The van der Waals surface area contributed by atoms with Crippen molar-refractivity contribution in [2.24, 2.45) is 11.7 Å². The van der Waals surface area contributed by atoms with Crippen molar-refractivity contribution in [1.29, 1.82) is 0 Å². The number of nitrogens with zero attached hydrogens (tertiary/aromatic N) is 1. The number of hydrogen-bond donors (Lipinski definition) is 2. The van der Waals surface area contributed by atoms with Crippen LogP contribution in [-0.2, 0) is 24.4 Å². The standard InChI is InChI=1S/C23H27N3O2/c24-23(27)20-8-4-10-26(16-20)15-18-6-3-5-17(11-18)13-25-14-21-12-19-7-1-2-9-22(19)28-21/h1-3,5-7,9,11-12,20,25H,4,8,10,13-16H2,(H2,24,27). The topological polar surface area (TPSA) is 71.5 Å². The minimum absolute atomic E-state index is 0.0117. The Hall–Kier alpha value is -2.63. The van der Waals surface area contributed by atoms with Crippen LogP contribution in [0.2, 0.25) is 0 Å². The predicted molar refractivity (Wildman–Crippen MR) is 110 cm³/mol. The summed E-state index contributed by atoms with van der Waals surface area (Å²) in [5.41, 5.74) is 8.94. The van der Waals surface area contributed by atoms with Crippen LogP contribution in [0.5, 0.6) is 0 Å². The molecule has 1 aliphatic heterocycles. The molecule has 1 aromatic heterocycles. The Balaban J connectivity index is 1.31. The minimum Gasteiger partial charge on any atom is -0.460 e. The summed E-state index contributed by atoms with van der Waals surface area (Å²) >= 11 is 0. The summed E-state index contributed by atoms with van der Waals surface area (Å²) in [5, 5.41) is 4.60. The maximum atomic E-state index is 11.5. The first-order valence-corrected chi connectivity index (χ1v) is 9.95. The molecule has 0 saturated carbocycles. The number of para-hydroxylation sites is 1. The highest BCUT2D eigenvalue weighted by molar-refractivity contribution is 5.77. The monoisotopic (exact) mass is 377 g/mol. The molecule has 1 atom stereocenters. The van der Waals surface area contributed by atoms with Crippen molar-refractivity contribution in [1.82, 2.24) is 10.2 Å². The lowest BCUT2D eigenvalue weighted by molar-refractivity contribution is -0.123. The fourth-order valence-electron chi connectivity index (χ4n) is 3.98. The molecule has 5 heteroatoms. The number of nitrogens with two attached hydrogens (primary N) is 1. The summed E-state index contributed by atoms with van der Waals surface area (Å²) in [6.45, 7) is 4.14. The van der Waals surface area contributed by atoms with Crippen LogP contribution in [0.3, 0.4) is 0 Å². The summed E-state index contributed by atoms with van der Waals surface area (Å²) in [6.07, 6.45) is 1.95. The normalized spacial score (nSPS) is 17.8. The van der Waals surface area contributed by atoms with E-state index >= 15 is 0 Å². The van der Waals surface area contributed by atoms with E-state index in [0.717, 1.165) is 55.8 Å². The molecule has 1 saturated heterocycles. The molecular weight excluding hydrogens is 350 g/mol. The average Bonchev–Trinajstić information content (AvgIpc) is 3.11. The van der Waals surface area contributed by atoms with Crippen molar-refractivity contribution in [2.45, 2.75) is 32.5 Å². The average molecular weight is 377 g/mol. The second kappa shape index (κ2) is 8.59. The van der Waals surface area contributed by atoms with Crippen molar-refractivity contribution in [3.05, 3.63) is 71.5 Å². The Bertz CT molecular complexity index is 917. The van der Waals surface area contributed by atoms with Crippen molar-refractivity contribution >= 4 is 16.9 Å². The molecule has 28 heavy (non-hydrogen) atoms. The summed E-state index contributed by atoms with van der Waals surface area (Å²) in [7, 11) is 0. The third kappa shape index (κ3) is 4.61. The number of carbonyl (C=O) groups is 1. The Kier molecular flexibility index (Phi) is 5.74. The number of piperidine rings is 1. The van der Waals surface area contributed by atoms with Gasteiger partial charge in [0.15, 0.2) is 0 Å². The van der Waals surface area contributed by atoms with E-state index in [1.54, 1.807) is 0 Å². The zero-order chi connectivity index (χ0) is 19.3. The number of benzene rings is 2. The molecule has 4 rings (SSSR count). The van der Waals surface area contributed by atoms with Gasteiger partial charge in [0.25, 0.3) is 0 Å². The molecule has 2 aromatic carbocycles. The molecule has 146 valence electrons. The first kappa shape index (κ1) is 18.7. The maximum Gasteiger partial charge on any atom is 0.221 e. The van der Waals surface area contributed by atoms with Crippen LogP contribution >= 0.6 is 0 Å². The molecule has 0 spiro atoms. The first-order valence-electron chi connectivity index (χ1n) is 9.95. The Labute approximate surface area is 165 Å². The molecule has 2 heterocycles. The van der Waals surface area contributed by atoms with Crippen LogP contribution in [0, 0.1) is 5.92 Å². The highest BCUT2D eigenvalue weighted by Gasteiger charge is 2.23. The Morgan fingerprint density at radius 1 is 1.11 bits per heavy atom. The van der Waals surface area contributed by atoms with Crippen LogP contribution < -0.4 is 11.1 Å². The predicted octanol–water partition coefficient (Wildman–Crippen LogP) is 3.42. The lowest BCUT2D eigenvalue weighted by Crippen LogP contribution is -2.40. The quantitative estimate of drug-likeness (QED) is 0.662. The highest BCUT2D eigenvalue weighted by atomic mass is 16.3. The Morgan fingerprint density at radius 2 is 1.96 bits per heavy atom. The van der Waals surface area contributed by atoms with E-state index < -0.39 is 0 Å². The molecule has 1 aliphatic rings. The smallest absolute Gasteiger partial charge is 0.221 e. The number of amides is 1. The van der Waals surface area contributed by atoms with E-state index in [2.05, 4.69) is 46.6 Å². The molecule has 1 amide bonds. The van der Waals surface area contributed by atoms with Gasteiger partial charge in [0, 0.05) is 25.0 Å². The second-order valence-electron chi connectivity index (χ2n) is 7.65. The largest absolute Gasteiger partial charge is 0.460 e. The molecule has 0 bridgehead atoms. The molecule has 3 N–H and O–H groups in total. The van der Waals surface area contributed by atoms with Crippen LogP contribution in [0.1, 0.15) is 29.7 Å². The number of rotatable bonds is 7. The second-order valence-corrected chi connectivity index (χ2v) is 7.65. The van der Waals surface area contributed by atoms with Gasteiger partial charge in [-0.15, -0.1) is 0 Å². The maximum absolute atomic E-state index is 11.5. The van der Waals surface area contributed by atoms with Crippen molar-refractivity contribution < 1.29 is 9.21 Å². The van der Waals surface area contributed by atoms with E-state index in [4.69, 9.17) is 10.2 Å². The number of likely N-dealkylation sites (tertiary alicyclic amines) is 1. The van der Waals surface area contributed by atoms with Gasteiger partial charge in [-0.1, -0.05) is 42.5 Å². The summed E-state index contributed by atoms with van der Waals surface area (Å²) in [5.74, 6) is 0.763. The van der Waals surface area contributed by atoms with Crippen LogP contribution in [0.4, 0.5) is 0 Å². The van der Waals surface area contributed by atoms with Gasteiger partial charge in [-0.2, -0.15) is 0 Å². The Morgan fingerprint density at radius 3 is 2.82 bits per heavy atom. The zero-order valence-corrected chi connectivity index (χ0v) is 16.1. The fourth-order valence-corrected chi connectivity index (χ4v) is 3.98. The molecule has 1 unspecified atom stereocenters. The lowest BCUT2D eigenvalue weighted by atomic mass is 9.97. The SMILES string of the molecule is NC(=O)C1CCCN(Cc2cccc(CNCc3cc4ccccc4o3)c2)C1. The zero-order valence-electron chi connectivity index (χ0n) is 16.1. The molecule has 3 aromatic rings. The van der Waals surface area contributed by atoms with Crippen LogP contribution in [0.25, 0.3) is 11.0 Å². The molecule has 5 nitrogen and oxygen atoms in total. The third-order valence-electron chi connectivity index (χ3n) is 5.41. The summed E-state index contributed by atoms with van der Waals surface area (Å²) < 4.78 is 5.85. The van der Waals surface area contributed by atoms with Gasteiger partial charge in [-0.25, -0.2) is 0 Å². The van der Waals surface area contributed by atoms with E-state index in [0.29, 0.717) is 6.54 Å². The summed E-state index contributed by atoms with van der Waals surface area (Å²) in [6, 6.07) is 18.8. The van der Waals surface area contributed by atoms with Crippen LogP contribution in [-0.4, -0.2) is 23.9 Å². The number of hydrogen-bond acceptors (Lipinski definition) is 4. The minimum atomic E-state index is -0.173. The lowest BCUT2D eigenvalue weighted by Gasteiger charge is -2.31. The van der Waals surface area contributed by atoms with Crippen molar-refractivity contribution in [3.8, 4) is 0 Å². The number of nitrogens with one attached hydrogen (secondary N) is 1. The van der Waals surface area contributed by atoms with Gasteiger partial charge >= 0.3 is 0 Å². The third-order valence-corrected chi connectivity index (χ3v) is 5.41. The molecular formula is C23H27N3O2. The van der Waals surface area contributed by atoms with Gasteiger partial charge < -0.3 is 15.5 Å². The molecule has 0 radical (unpaired) electrons. The van der Waals surface area contributed by atoms with Gasteiger partial charge in [-0.3, -0.25) is 9.69 Å². The van der Waals surface area contributed by atoms with Crippen molar-refractivity contribution in [3.63, 3.8) is 0 Å². The van der Waals surface area contributed by atoms with Gasteiger partial charge in [0.1, 0.15) is 11.3 Å². The van der Waals surface area contributed by atoms with Gasteiger partial charge in [0.05, 0.1) is 12.5 Å². The number of primary amides is 1. The molecule has 1 fully saturated rings. The highest BCUT2D eigenvalue weighted by Crippen LogP contribution is 2.20. The fraction of sp³-hybridized carbons (Fsp3) is 0.348. The van der Waals surface area contributed by atoms with E-state index in [1.807, 2.05) is 18.2 Å². The summed E-state index contributed by atoms with van der Waals surface area (Å²) in [4.78, 5) is 13.8. The number of carbonyl (C=O) groups excluding carboxylic acids is 1. The van der Waals surface area contributed by atoms with E-state index in [-0.39, 0.29) is 11.8 Å². The van der Waals surface area contributed by atoms with Gasteiger partial charge in [-0.05, 0) is 42.6 Å². The number of fused-ring (bicyclic) bond motifs is 1. The van der Waals surface area contributed by atoms with Gasteiger partial charge in [0.2, 0.25) is 5.91 Å². The van der Waals surface area contributed by atoms with E-state index in [1.165, 1.54) is 11.1 Å². The van der Waals surface area contributed by atoms with Crippen LogP contribution in [0.15, 0.2) is 59.0 Å². The molecule has 0 aliphatic carbocycles. The van der Waals surface area contributed by atoms with E-state index in [9.17, 15) is 4.79 Å². The first-order chi connectivity index (χ1) is 13.7. The van der Waals surface area contributed by atoms with Crippen molar-refractivity contribution in [2.75, 3.05) is 13.1 Å².